The molecule has 1 atom stereocenters. The van der Waals surface area contributed by atoms with Gasteiger partial charge in [-0.15, -0.1) is 0 Å². The molecule has 4 heteroatoms. The molecule has 2 rings (SSSR count). The van der Waals surface area contributed by atoms with Crippen LogP contribution in [-0.4, -0.2) is 16.9 Å². The lowest BCUT2D eigenvalue weighted by molar-refractivity contribution is -0.147. The molecule has 1 N–H and O–H groups in total. The Kier molecular flexibility index (Phi) is 3.33. The highest BCUT2D eigenvalue weighted by atomic mass is 79.9. The zero-order valence-corrected chi connectivity index (χ0v) is 10.9. The fraction of sp³-hybridized carbons (Fsp3) is 0.385. The Morgan fingerprint density at radius 1 is 1.41 bits per heavy atom. The van der Waals surface area contributed by atoms with E-state index in [-0.39, 0.29) is 12.2 Å². The summed E-state index contributed by atoms with van der Waals surface area (Å²) in [6.07, 6.45) is 1.80. The first-order chi connectivity index (χ1) is 8.04. The van der Waals surface area contributed by atoms with E-state index in [2.05, 4.69) is 15.9 Å². The molecule has 0 spiro atoms. The number of Topliss-reactive ketones (excluding diaryl/α,β-unsaturated/α-hetero) is 1. The summed E-state index contributed by atoms with van der Waals surface area (Å²) in [7, 11) is 0. The van der Waals surface area contributed by atoms with E-state index in [0.717, 1.165) is 4.47 Å². The molecule has 1 aromatic carbocycles. The summed E-state index contributed by atoms with van der Waals surface area (Å²) in [6, 6.07) is 7.25. The predicted molar refractivity (Wildman–Crippen MR) is 66.9 cm³/mol. The van der Waals surface area contributed by atoms with Crippen LogP contribution in [0.15, 0.2) is 28.7 Å². The number of hydrogen-bond donors (Lipinski definition) is 1. The number of benzene rings is 1. The van der Waals surface area contributed by atoms with Gasteiger partial charge < -0.3 is 5.11 Å². The number of rotatable bonds is 2. The lowest BCUT2D eigenvalue weighted by Crippen LogP contribution is -2.40. The number of carbonyl (C=O) groups is 2. The van der Waals surface area contributed by atoms with Crippen molar-refractivity contribution in [3.05, 3.63) is 34.3 Å². The molecular formula is C13H13BrO3. The van der Waals surface area contributed by atoms with E-state index < -0.39 is 11.4 Å². The minimum atomic E-state index is -1.03. The van der Waals surface area contributed by atoms with Crippen LogP contribution in [0, 0.1) is 0 Å². The van der Waals surface area contributed by atoms with Gasteiger partial charge in [0.15, 0.2) is 0 Å². The van der Waals surface area contributed by atoms with Gasteiger partial charge in [-0.3, -0.25) is 9.59 Å². The van der Waals surface area contributed by atoms with E-state index in [9.17, 15) is 14.7 Å². The van der Waals surface area contributed by atoms with Crippen molar-refractivity contribution in [3.63, 3.8) is 0 Å². The van der Waals surface area contributed by atoms with Crippen LogP contribution >= 0.6 is 15.9 Å². The quantitative estimate of drug-likeness (QED) is 0.913. The molecule has 1 aromatic rings. The lowest BCUT2D eigenvalue weighted by Gasteiger charge is -2.32. The van der Waals surface area contributed by atoms with Gasteiger partial charge in [-0.1, -0.05) is 28.1 Å². The minimum Gasteiger partial charge on any atom is -0.481 e. The highest BCUT2D eigenvalue weighted by Crippen LogP contribution is 2.39. The maximum atomic E-state index is 11.6. The number of ketones is 1. The zero-order chi connectivity index (χ0) is 12.5. The molecular weight excluding hydrogens is 284 g/mol. The molecule has 1 aliphatic rings. The van der Waals surface area contributed by atoms with E-state index in [1.54, 1.807) is 12.1 Å². The molecule has 0 bridgehead atoms. The highest BCUT2D eigenvalue weighted by Gasteiger charge is 2.44. The van der Waals surface area contributed by atoms with Gasteiger partial charge in [0.1, 0.15) is 5.78 Å². The van der Waals surface area contributed by atoms with Crippen molar-refractivity contribution >= 4 is 27.7 Å². The molecule has 0 aromatic heterocycles. The van der Waals surface area contributed by atoms with E-state index >= 15 is 0 Å². The highest BCUT2D eigenvalue weighted by molar-refractivity contribution is 9.10. The van der Waals surface area contributed by atoms with Crippen LogP contribution in [0.1, 0.15) is 31.2 Å². The van der Waals surface area contributed by atoms with Gasteiger partial charge in [0.2, 0.25) is 0 Å². The summed E-state index contributed by atoms with van der Waals surface area (Å²) in [5.41, 5.74) is -0.313. The average molecular weight is 297 g/mol. The standard InChI is InChI=1S/C13H13BrO3/c14-10-4-1-3-9(7-10)13(12(16)17)6-2-5-11(15)8-13/h1,3-4,7H,2,5-6,8H2,(H,16,17). The van der Waals surface area contributed by atoms with E-state index in [1.807, 2.05) is 12.1 Å². The third kappa shape index (κ3) is 2.27. The predicted octanol–water partition coefficient (Wildman–Crippen LogP) is 2.91. The van der Waals surface area contributed by atoms with Crippen LogP contribution in [0.4, 0.5) is 0 Å². The van der Waals surface area contributed by atoms with Crippen LogP contribution in [0.25, 0.3) is 0 Å². The molecule has 3 nitrogen and oxygen atoms in total. The fourth-order valence-corrected chi connectivity index (χ4v) is 2.84. The average Bonchev–Trinajstić information content (AvgIpc) is 2.28. The van der Waals surface area contributed by atoms with Crippen molar-refractivity contribution in [3.8, 4) is 0 Å². The summed E-state index contributed by atoms with van der Waals surface area (Å²) in [5.74, 6) is -0.859. The summed E-state index contributed by atoms with van der Waals surface area (Å²) in [4.78, 5) is 23.1. The Morgan fingerprint density at radius 2 is 2.18 bits per heavy atom. The van der Waals surface area contributed by atoms with Gasteiger partial charge >= 0.3 is 5.97 Å². The minimum absolute atomic E-state index is 0.0404. The Labute approximate surface area is 108 Å². The molecule has 0 heterocycles. The van der Waals surface area contributed by atoms with Gasteiger partial charge in [0, 0.05) is 17.3 Å². The van der Waals surface area contributed by atoms with Crippen molar-refractivity contribution in [1.29, 1.82) is 0 Å². The monoisotopic (exact) mass is 296 g/mol. The Balaban J connectivity index is 2.47. The van der Waals surface area contributed by atoms with Crippen molar-refractivity contribution in [1.82, 2.24) is 0 Å². The number of halogens is 1. The maximum Gasteiger partial charge on any atom is 0.314 e. The van der Waals surface area contributed by atoms with Crippen molar-refractivity contribution in [2.75, 3.05) is 0 Å². The Morgan fingerprint density at radius 3 is 2.76 bits per heavy atom. The number of carbonyl (C=O) groups excluding carboxylic acids is 1. The number of hydrogen-bond acceptors (Lipinski definition) is 2. The normalized spacial score (nSPS) is 24.6. The molecule has 0 aliphatic heterocycles. The van der Waals surface area contributed by atoms with Crippen molar-refractivity contribution in [2.45, 2.75) is 31.1 Å². The van der Waals surface area contributed by atoms with Crippen molar-refractivity contribution in [2.24, 2.45) is 0 Å². The van der Waals surface area contributed by atoms with Gasteiger partial charge in [0.25, 0.3) is 0 Å². The first kappa shape index (κ1) is 12.3. The van der Waals surface area contributed by atoms with Crippen LogP contribution in [-0.2, 0) is 15.0 Å². The van der Waals surface area contributed by atoms with Crippen molar-refractivity contribution < 1.29 is 14.7 Å². The first-order valence-electron chi connectivity index (χ1n) is 5.56. The molecule has 1 aliphatic carbocycles. The first-order valence-corrected chi connectivity index (χ1v) is 6.35. The number of aliphatic carboxylic acids is 1. The van der Waals surface area contributed by atoms with Crippen LogP contribution in [0.3, 0.4) is 0 Å². The molecule has 17 heavy (non-hydrogen) atoms. The molecule has 0 radical (unpaired) electrons. The van der Waals surface area contributed by atoms with E-state index in [4.69, 9.17) is 0 Å². The molecule has 0 saturated heterocycles. The van der Waals surface area contributed by atoms with E-state index in [1.165, 1.54) is 0 Å². The summed E-state index contributed by atoms with van der Waals surface area (Å²) >= 11 is 3.34. The number of carboxylic acid groups (broad SMARTS) is 1. The van der Waals surface area contributed by atoms with E-state index in [0.29, 0.717) is 24.8 Å². The van der Waals surface area contributed by atoms with Gasteiger partial charge in [0.05, 0.1) is 5.41 Å². The van der Waals surface area contributed by atoms with Gasteiger partial charge in [-0.05, 0) is 30.5 Å². The Bertz CT molecular complexity index is 469. The topological polar surface area (TPSA) is 54.4 Å². The second-order valence-electron chi connectivity index (χ2n) is 4.47. The Hall–Kier alpha value is -1.16. The third-order valence-corrected chi connectivity index (χ3v) is 3.84. The van der Waals surface area contributed by atoms with Crippen LogP contribution in [0.5, 0.6) is 0 Å². The second-order valence-corrected chi connectivity index (χ2v) is 5.38. The zero-order valence-electron chi connectivity index (χ0n) is 9.28. The lowest BCUT2D eigenvalue weighted by atomic mass is 9.69. The van der Waals surface area contributed by atoms with Gasteiger partial charge in [-0.25, -0.2) is 0 Å². The molecule has 90 valence electrons. The summed E-state index contributed by atoms with van der Waals surface area (Å²) < 4.78 is 0.841. The second kappa shape index (κ2) is 4.61. The smallest absolute Gasteiger partial charge is 0.314 e. The van der Waals surface area contributed by atoms with Crippen LogP contribution < -0.4 is 0 Å². The van der Waals surface area contributed by atoms with Crippen LogP contribution in [0.2, 0.25) is 0 Å². The summed E-state index contributed by atoms with van der Waals surface area (Å²) in [6.45, 7) is 0. The molecule has 1 saturated carbocycles. The summed E-state index contributed by atoms with van der Waals surface area (Å²) in [5, 5.41) is 9.48. The SMILES string of the molecule is O=C1CCCC(C(=O)O)(c2cccc(Br)c2)C1. The van der Waals surface area contributed by atoms with Gasteiger partial charge in [-0.2, -0.15) is 0 Å². The molecule has 0 amide bonds. The fourth-order valence-electron chi connectivity index (χ4n) is 2.44. The molecule has 1 fully saturated rings. The third-order valence-electron chi connectivity index (χ3n) is 3.34. The largest absolute Gasteiger partial charge is 0.481 e. The number of carboxylic acids is 1. The molecule has 1 unspecified atom stereocenters. The maximum absolute atomic E-state index is 11.6.